The molecule has 0 amide bonds. The molecule has 0 fully saturated rings. The number of carbonyl (C=O) groups excluding carboxylic acids is 2. The summed E-state index contributed by atoms with van der Waals surface area (Å²) >= 11 is 0. The zero-order valence-electron chi connectivity index (χ0n) is 34.2. The summed E-state index contributed by atoms with van der Waals surface area (Å²) in [6, 6.07) is -0.624. The quantitative estimate of drug-likeness (QED) is 0.0299. The lowest BCUT2D eigenvalue weighted by molar-refractivity contribution is -0.887. The lowest BCUT2D eigenvalue weighted by atomic mass is 10.1. The Morgan fingerprint density at radius 1 is 0.566 bits per heavy atom. The van der Waals surface area contributed by atoms with Crippen LogP contribution < -0.4 is 0 Å². The van der Waals surface area contributed by atoms with Gasteiger partial charge >= 0.3 is 17.9 Å². The molecule has 8 nitrogen and oxygen atoms in total. The molecule has 2 atom stereocenters. The number of carbonyl (C=O) groups is 3. The third-order valence-electron chi connectivity index (χ3n) is 8.61. The van der Waals surface area contributed by atoms with Gasteiger partial charge in [0.05, 0.1) is 34.4 Å². The molecule has 8 heteroatoms. The zero-order chi connectivity index (χ0) is 39.3. The fourth-order valence-electron chi connectivity index (χ4n) is 5.49. The largest absolute Gasteiger partial charge is 0.477 e. The number of likely N-dealkylation sites (N-methyl/N-ethyl adjacent to an activating group) is 1. The molecular formula is C45H76NO7+. The highest BCUT2D eigenvalue weighted by Crippen LogP contribution is 2.13. The SMILES string of the molecule is CC/C=C/C/C=C/C/C=C/C/C=C/CCCCCCCCCCCC(=O)OC(COCCC(C(=O)O)[N+](C)(C)C)COC(=O)CC/C=C/C/C=C/CC. The van der Waals surface area contributed by atoms with E-state index < -0.39 is 18.1 Å². The van der Waals surface area contributed by atoms with Crippen LogP contribution in [0.4, 0.5) is 0 Å². The maximum absolute atomic E-state index is 12.7. The van der Waals surface area contributed by atoms with Gasteiger partial charge in [0.15, 0.2) is 12.1 Å². The summed E-state index contributed by atoms with van der Waals surface area (Å²) in [7, 11) is 5.49. The predicted octanol–water partition coefficient (Wildman–Crippen LogP) is 10.8. The van der Waals surface area contributed by atoms with E-state index in [2.05, 4.69) is 74.6 Å². The standard InChI is InChI=1S/C45H75NO7/c1-6-8-10-12-14-15-16-17-18-19-20-21-22-23-24-25-26-27-28-30-32-34-36-44(48)53-41(39-51-38-37-42(45(49)50)46(3,4)5)40-52-43(47)35-33-31-29-13-11-9-7-2/h8-11,14-15,17-18,20-21,29,31,41-42H,6-7,12-13,16,19,22-28,30,32-40H2,1-5H3/p+1/b10-8+,11-9+,15-14+,18-17+,21-20+,31-29+. The third kappa shape index (κ3) is 34.3. The maximum atomic E-state index is 12.7. The Morgan fingerprint density at radius 2 is 1.04 bits per heavy atom. The fourth-order valence-corrected chi connectivity index (χ4v) is 5.49. The number of aliphatic carboxylic acids is 1. The van der Waals surface area contributed by atoms with E-state index in [1.165, 1.54) is 38.5 Å². The van der Waals surface area contributed by atoms with Gasteiger partial charge in [0.1, 0.15) is 6.61 Å². The molecule has 0 heterocycles. The summed E-state index contributed by atoms with van der Waals surface area (Å²) in [5.74, 6) is -1.58. The van der Waals surface area contributed by atoms with Crippen LogP contribution in [0.15, 0.2) is 72.9 Å². The van der Waals surface area contributed by atoms with Crippen molar-refractivity contribution in [3.05, 3.63) is 72.9 Å². The summed E-state index contributed by atoms with van der Waals surface area (Å²) in [6.07, 6.45) is 44.2. The van der Waals surface area contributed by atoms with Crippen LogP contribution in [-0.2, 0) is 28.6 Å². The van der Waals surface area contributed by atoms with Crippen LogP contribution in [0.2, 0.25) is 0 Å². The van der Waals surface area contributed by atoms with Crippen molar-refractivity contribution in [2.75, 3.05) is 41.0 Å². The molecule has 0 saturated heterocycles. The summed E-state index contributed by atoms with van der Waals surface area (Å²) in [4.78, 5) is 36.7. The van der Waals surface area contributed by atoms with Crippen molar-refractivity contribution < 1.29 is 38.2 Å². The van der Waals surface area contributed by atoms with E-state index in [-0.39, 0.29) is 42.7 Å². The van der Waals surface area contributed by atoms with E-state index in [0.717, 1.165) is 64.2 Å². The summed E-state index contributed by atoms with van der Waals surface area (Å²) in [6.45, 7) is 4.38. The number of rotatable bonds is 35. The molecule has 0 radical (unpaired) electrons. The monoisotopic (exact) mass is 743 g/mol. The van der Waals surface area contributed by atoms with E-state index in [9.17, 15) is 19.5 Å². The van der Waals surface area contributed by atoms with Crippen LogP contribution in [0.25, 0.3) is 0 Å². The second-order valence-electron chi connectivity index (χ2n) is 14.5. The average molecular weight is 743 g/mol. The number of ether oxygens (including phenoxy) is 3. The molecule has 2 unspecified atom stereocenters. The van der Waals surface area contributed by atoms with E-state index in [0.29, 0.717) is 19.3 Å². The van der Waals surface area contributed by atoms with Crippen molar-refractivity contribution in [3.8, 4) is 0 Å². The molecule has 0 aliphatic rings. The van der Waals surface area contributed by atoms with Crippen molar-refractivity contribution >= 4 is 17.9 Å². The average Bonchev–Trinajstić information content (AvgIpc) is 3.11. The lowest BCUT2D eigenvalue weighted by Crippen LogP contribution is -2.50. The van der Waals surface area contributed by atoms with Crippen molar-refractivity contribution in [1.29, 1.82) is 0 Å². The Morgan fingerprint density at radius 3 is 1.55 bits per heavy atom. The highest BCUT2D eigenvalue weighted by Gasteiger charge is 2.31. The van der Waals surface area contributed by atoms with Gasteiger partial charge in [-0.2, -0.15) is 0 Å². The smallest absolute Gasteiger partial charge is 0.362 e. The summed E-state index contributed by atoms with van der Waals surface area (Å²) in [5, 5.41) is 9.58. The minimum absolute atomic E-state index is 0.0373. The molecule has 0 bridgehead atoms. The van der Waals surface area contributed by atoms with Gasteiger partial charge in [-0.1, -0.05) is 132 Å². The van der Waals surface area contributed by atoms with E-state index in [4.69, 9.17) is 14.2 Å². The minimum Gasteiger partial charge on any atom is -0.477 e. The van der Waals surface area contributed by atoms with Crippen LogP contribution >= 0.6 is 0 Å². The van der Waals surface area contributed by atoms with Gasteiger partial charge in [-0.05, 0) is 64.2 Å². The number of allylic oxidation sites excluding steroid dienone is 12. The topological polar surface area (TPSA) is 99.1 Å². The van der Waals surface area contributed by atoms with Gasteiger partial charge in [0, 0.05) is 19.3 Å². The third-order valence-corrected chi connectivity index (χ3v) is 8.61. The second-order valence-corrected chi connectivity index (χ2v) is 14.5. The van der Waals surface area contributed by atoms with Gasteiger partial charge in [0.2, 0.25) is 0 Å². The Kier molecular flexibility index (Phi) is 33.6. The van der Waals surface area contributed by atoms with Gasteiger partial charge in [-0.25, -0.2) is 4.79 Å². The molecule has 0 aromatic heterocycles. The van der Waals surface area contributed by atoms with Crippen LogP contribution in [0.5, 0.6) is 0 Å². The molecular weight excluding hydrogens is 666 g/mol. The number of carboxylic acids is 1. The minimum atomic E-state index is -0.887. The molecule has 0 aliphatic heterocycles. The molecule has 0 spiro atoms. The second kappa shape index (κ2) is 35.8. The molecule has 0 aromatic rings. The van der Waals surface area contributed by atoms with Gasteiger partial charge in [0.25, 0.3) is 0 Å². The first-order valence-corrected chi connectivity index (χ1v) is 20.5. The normalized spacial score (nSPS) is 13.8. The van der Waals surface area contributed by atoms with Crippen LogP contribution in [0.1, 0.15) is 142 Å². The van der Waals surface area contributed by atoms with Crippen LogP contribution in [-0.4, -0.2) is 80.6 Å². The molecule has 0 rings (SSSR count). The van der Waals surface area contributed by atoms with E-state index in [1.807, 2.05) is 33.3 Å². The Hall–Kier alpha value is -3.23. The number of nitrogens with zero attached hydrogens (tertiary/aromatic N) is 1. The molecule has 0 aliphatic carbocycles. The van der Waals surface area contributed by atoms with Crippen molar-refractivity contribution in [2.45, 2.75) is 154 Å². The number of hydrogen-bond donors (Lipinski definition) is 1. The number of quaternary nitrogens is 1. The van der Waals surface area contributed by atoms with Crippen molar-refractivity contribution in [3.63, 3.8) is 0 Å². The summed E-state index contributed by atoms with van der Waals surface area (Å²) < 4.78 is 17.1. The number of esters is 2. The Bertz CT molecular complexity index is 1100. The number of hydrogen-bond acceptors (Lipinski definition) is 6. The first kappa shape index (κ1) is 49.8. The van der Waals surface area contributed by atoms with Crippen LogP contribution in [0, 0.1) is 0 Å². The van der Waals surface area contributed by atoms with Gasteiger partial charge < -0.3 is 23.8 Å². The van der Waals surface area contributed by atoms with E-state index >= 15 is 0 Å². The van der Waals surface area contributed by atoms with Gasteiger partial charge in [-0.15, -0.1) is 0 Å². The summed E-state index contributed by atoms with van der Waals surface area (Å²) in [5.41, 5.74) is 0. The maximum Gasteiger partial charge on any atom is 0.362 e. The molecule has 1 N–H and O–H groups in total. The molecule has 53 heavy (non-hydrogen) atoms. The predicted molar refractivity (Wildman–Crippen MR) is 220 cm³/mol. The van der Waals surface area contributed by atoms with Crippen molar-refractivity contribution in [2.24, 2.45) is 0 Å². The highest BCUT2D eigenvalue weighted by atomic mass is 16.6. The molecule has 0 saturated carbocycles. The highest BCUT2D eigenvalue weighted by molar-refractivity contribution is 5.72. The van der Waals surface area contributed by atoms with E-state index in [1.54, 1.807) is 0 Å². The molecule has 0 aromatic carbocycles. The number of carboxylic acid groups (broad SMARTS) is 1. The Labute approximate surface area is 323 Å². The van der Waals surface area contributed by atoms with Crippen LogP contribution in [0.3, 0.4) is 0 Å². The van der Waals surface area contributed by atoms with Gasteiger partial charge in [-0.3, -0.25) is 9.59 Å². The molecule has 302 valence electrons. The lowest BCUT2D eigenvalue weighted by Gasteiger charge is -2.31. The fraction of sp³-hybridized carbons (Fsp3) is 0.667. The zero-order valence-corrected chi connectivity index (χ0v) is 34.2. The first-order chi connectivity index (χ1) is 25.6. The first-order valence-electron chi connectivity index (χ1n) is 20.5. The Balaban J connectivity index is 4.27. The number of unbranched alkanes of at least 4 members (excludes halogenated alkanes) is 9. The van der Waals surface area contributed by atoms with Crippen molar-refractivity contribution in [1.82, 2.24) is 0 Å².